The number of aryl methyl sites for hydroxylation is 2. The second-order valence-electron chi connectivity index (χ2n) is 6.79. The summed E-state index contributed by atoms with van der Waals surface area (Å²) in [4.78, 5) is 40.4. The van der Waals surface area contributed by atoms with Crippen LogP contribution in [-0.4, -0.2) is 38.2 Å². The lowest BCUT2D eigenvalue weighted by atomic mass is 10.1. The summed E-state index contributed by atoms with van der Waals surface area (Å²) in [5.41, 5.74) is 4.04. The van der Waals surface area contributed by atoms with E-state index in [1.807, 2.05) is 30.9 Å². The highest BCUT2D eigenvalue weighted by Gasteiger charge is 2.25. The Morgan fingerprint density at radius 3 is 2.64 bits per heavy atom. The Bertz CT molecular complexity index is 1030. The fourth-order valence-corrected chi connectivity index (χ4v) is 4.30. The SMILES string of the molecule is Cc1cc(C)cc(C(=O)N2CCc3nc(NC(=O)c4cnccn4)sc3C2)c1. The average Bonchev–Trinajstić information content (AvgIpc) is 3.08. The van der Waals surface area contributed by atoms with Gasteiger partial charge in [-0.3, -0.25) is 19.9 Å². The number of hydrogen-bond acceptors (Lipinski definition) is 6. The van der Waals surface area contributed by atoms with Gasteiger partial charge in [0.2, 0.25) is 0 Å². The smallest absolute Gasteiger partial charge is 0.277 e. The van der Waals surface area contributed by atoms with Crippen LogP contribution in [-0.2, 0) is 13.0 Å². The largest absolute Gasteiger partial charge is 0.333 e. The molecule has 3 aromatic rings. The van der Waals surface area contributed by atoms with E-state index in [4.69, 9.17) is 0 Å². The number of hydrogen-bond donors (Lipinski definition) is 1. The van der Waals surface area contributed by atoms with Gasteiger partial charge in [-0.25, -0.2) is 9.97 Å². The maximum atomic E-state index is 12.9. The van der Waals surface area contributed by atoms with Gasteiger partial charge in [-0.05, 0) is 26.0 Å². The predicted octanol–water partition coefficient (Wildman–Crippen LogP) is 3.00. The van der Waals surface area contributed by atoms with Crippen LogP contribution >= 0.6 is 11.3 Å². The highest BCUT2D eigenvalue weighted by Crippen LogP contribution is 2.29. The van der Waals surface area contributed by atoms with Crippen LogP contribution in [0.5, 0.6) is 0 Å². The molecule has 0 fully saturated rings. The second-order valence-corrected chi connectivity index (χ2v) is 7.87. The first-order valence-corrected chi connectivity index (χ1v) is 9.75. The first-order valence-electron chi connectivity index (χ1n) is 8.93. The Labute approximate surface area is 166 Å². The van der Waals surface area contributed by atoms with Crippen LogP contribution < -0.4 is 5.32 Å². The van der Waals surface area contributed by atoms with Crippen LogP contribution in [0.15, 0.2) is 36.8 Å². The number of thiazole rings is 1. The maximum Gasteiger partial charge on any atom is 0.277 e. The van der Waals surface area contributed by atoms with Crippen LogP contribution in [0.25, 0.3) is 0 Å². The van der Waals surface area contributed by atoms with Gasteiger partial charge in [0.05, 0.1) is 18.4 Å². The van der Waals surface area contributed by atoms with Crippen molar-refractivity contribution < 1.29 is 9.59 Å². The molecule has 8 heteroatoms. The van der Waals surface area contributed by atoms with Crippen molar-refractivity contribution in [3.63, 3.8) is 0 Å². The number of fused-ring (bicyclic) bond motifs is 1. The van der Waals surface area contributed by atoms with E-state index < -0.39 is 0 Å². The van der Waals surface area contributed by atoms with Crippen molar-refractivity contribution in [1.29, 1.82) is 0 Å². The van der Waals surface area contributed by atoms with Crippen molar-refractivity contribution in [2.24, 2.45) is 0 Å². The van der Waals surface area contributed by atoms with E-state index in [1.165, 1.54) is 29.9 Å². The molecule has 0 radical (unpaired) electrons. The third-order valence-electron chi connectivity index (χ3n) is 4.50. The van der Waals surface area contributed by atoms with Gasteiger partial charge < -0.3 is 4.90 Å². The maximum absolute atomic E-state index is 12.9. The average molecular weight is 393 g/mol. The van der Waals surface area contributed by atoms with Gasteiger partial charge in [0, 0.05) is 35.8 Å². The molecular weight excluding hydrogens is 374 g/mol. The zero-order valence-electron chi connectivity index (χ0n) is 15.6. The Balaban J connectivity index is 1.48. The van der Waals surface area contributed by atoms with Crippen molar-refractivity contribution in [3.05, 3.63) is 69.7 Å². The van der Waals surface area contributed by atoms with E-state index in [0.717, 1.165) is 21.7 Å². The molecule has 28 heavy (non-hydrogen) atoms. The molecule has 2 aromatic heterocycles. The van der Waals surface area contributed by atoms with Crippen LogP contribution in [0.3, 0.4) is 0 Å². The van der Waals surface area contributed by atoms with E-state index in [-0.39, 0.29) is 17.5 Å². The van der Waals surface area contributed by atoms with E-state index in [0.29, 0.717) is 30.2 Å². The Morgan fingerprint density at radius 1 is 1.14 bits per heavy atom. The van der Waals surface area contributed by atoms with Gasteiger partial charge in [0.15, 0.2) is 5.13 Å². The number of amides is 2. The van der Waals surface area contributed by atoms with E-state index in [9.17, 15) is 9.59 Å². The number of nitrogens with zero attached hydrogens (tertiary/aromatic N) is 4. The molecule has 0 atom stereocenters. The number of anilines is 1. The molecule has 1 N–H and O–H groups in total. The fraction of sp³-hybridized carbons (Fsp3) is 0.250. The van der Waals surface area contributed by atoms with E-state index in [1.54, 1.807) is 0 Å². The summed E-state index contributed by atoms with van der Waals surface area (Å²) in [6.07, 6.45) is 5.06. The molecule has 0 saturated carbocycles. The normalized spacial score (nSPS) is 13.1. The minimum atomic E-state index is -0.345. The fourth-order valence-electron chi connectivity index (χ4n) is 3.28. The number of carbonyl (C=O) groups is 2. The van der Waals surface area contributed by atoms with Crippen molar-refractivity contribution >= 4 is 28.3 Å². The van der Waals surface area contributed by atoms with Gasteiger partial charge in [-0.1, -0.05) is 28.5 Å². The van der Waals surface area contributed by atoms with Crippen molar-refractivity contribution in [2.75, 3.05) is 11.9 Å². The summed E-state index contributed by atoms with van der Waals surface area (Å²) in [6.45, 7) is 5.10. The first-order chi connectivity index (χ1) is 13.5. The van der Waals surface area contributed by atoms with Crippen LogP contribution in [0.1, 0.15) is 42.5 Å². The summed E-state index contributed by atoms with van der Waals surface area (Å²) >= 11 is 1.40. The molecule has 0 spiro atoms. The molecule has 1 aliphatic rings. The van der Waals surface area contributed by atoms with Gasteiger partial charge in [0.1, 0.15) is 5.69 Å². The molecular formula is C20H19N5O2S. The molecule has 1 aliphatic heterocycles. The molecule has 2 amide bonds. The minimum Gasteiger partial charge on any atom is -0.333 e. The lowest BCUT2D eigenvalue weighted by molar-refractivity contribution is 0.0736. The highest BCUT2D eigenvalue weighted by atomic mass is 32.1. The Morgan fingerprint density at radius 2 is 1.93 bits per heavy atom. The molecule has 3 heterocycles. The molecule has 0 saturated heterocycles. The molecule has 7 nitrogen and oxygen atoms in total. The van der Waals surface area contributed by atoms with Crippen molar-refractivity contribution in [3.8, 4) is 0 Å². The first kappa shape index (κ1) is 18.2. The number of carbonyl (C=O) groups excluding carboxylic acids is 2. The van der Waals surface area contributed by atoms with Gasteiger partial charge in [0.25, 0.3) is 11.8 Å². The van der Waals surface area contributed by atoms with Crippen LogP contribution in [0.4, 0.5) is 5.13 Å². The second kappa shape index (κ2) is 7.47. The number of rotatable bonds is 3. The van der Waals surface area contributed by atoms with Crippen molar-refractivity contribution in [2.45, 2.75) is 26.8 Å². The summed E-state index contributed by atoms with van der Waals surface area (Å²) in [7, 11) is 0. The van der Waals surface area contributed by atoms with Gasteiger partial charge in [-0.15, -0.1) is 0 Å². The van der Waals surface area contributed by atoms with Crippen LogP contribution in [0.2, 0.25) is 0 Å². The molecule has 0 unspecified atom stereocenters. The predicted molar refractivity (Wildman–Crippen MR) is 106 cm³/mol. The topological polar surface area (TPSA) is 88.1 Å². The zero-order chi connectivity index (χ0) is 19.7. The summed E-state index contributed by atoms with van der Waals surface area (Å²) in [5, 5.41) is 3.28. The minimum absolute atomic E-state index is 0.0241. The highest BCUT2D eigenvalue weighted by molar-refractivity contribution is 7.15. The van der Waals surface area contributed by atoms with Crippen LogP contribution in [0, 0.1) is 13.8 Å². The van der Waals surface area contributed by atoms with E-state index in [2.05, 4.69) is 26.3 Å². The monoisotopic (exact) mass is 393 g/mol. The molecule has 0 bridgehead atoms. The lowest BCUT2D eigenvalue weighted by Crippen LogP contribution is -2.35. The van der Waals surface area contributed by atoms with Crippen molar-refractivity contribution in [1.82, 2.24) is 19.9 Å². The number of benzene rings is 1. The van der Waals surface area contributed by atoms with E-state index >= 15 is 0 Å². The molecule has 142 valence electrons. The molecule has 0 aliphatic carbocycles. The lowest BCUT2D eigenvalue weighted by Gasteiger charge is -2.26. The zero-order valence-corrected chi connectivity index (χ0v) is 16.4. The van der Waals surface area contributed by atoms with Gasteiger partial charge in [-0.2, -0.15) is 0 Å². The Kier molecular flexibility index (Phi) is 4.87. The Hall–Kier alpha value is -3.13. The quantitative estimate of drug-likeness (QED) is 0.739. The molecule has 4 rings (SSSR count). The third-order valence-corrected chi connectivity index (χ3v) is 5.50. The standard InChI is InChI=1S/C20H19N5O2S/c1-12-7-13(2)9-14(8-12)19(27)25-6-3-15-17(11-25)28-20(23-15)24-18(26)16-10-21-4-5-22-16/h4-5,7-10H,3,6,11H2,1-2H3,(H,23,24,26). The summed E-state index contributed by atoms with van der Waals surface area (Å²) < 4.78 is 0. The number of nitrogens with one attached hydrogen (secondary N) is 1. The summed E-state index contributed by atoms with van der Waals surface area (Å²) in [5.74, 6) is -0.321. The number of aromatic nitrogens is 3. The summed E-state index contributed by atoms with van der Waals surface area (Å²) in [6, 6.07) is 5.90. The third kappa shape index (κ3) is 3.77. The molecule has 1 aromatic carbocycles. The van der Waals surface area contributed by atoms with Gasteiger partial charge >= 0.3 is 0 Å².